The lowest BCUT2D eigenvalue weighted by Gasteiger charge is -2.41. The van der Waals surface area contributed by atoms with Crippen molar-refractivity contribution in [3.63, 3.8) is 0 Å². The maximum absolute atomic E-state index is 12.7. The van der Waals surface area contributed by atoms with Crippen LogP contribution >= 0.6 is 7.82 Å². The van der Waals surface area contributed by atoms with Crippen molar-refractivity contribution in [2.45, 2.75) is 165 Å². The van der Waals surface area contributed by atoms with E-state index < -0.39 is 75.2 Å². The second-order valence-electron chi connectivity index (χ2n) is 12.2. The summed E-state index contributed by atoms with van der Waals surface area (Å²) in [4.78, 5) is 23.0. The van der Waals surface area contributed by atoms with E-state index in [1.807, 2.05) is 6.08 Å². The number of phosphoric ester groups is 1. The number of allylic oxidation sites excluding steroid dienone is 3. The number of nitrogens with one attached hydrogen (secondary N) is 1. The Hall–Kier alpha value is -1.22. The Morgan fingerprint density at radius 1 is 0.761 bits per heavy atom. The van der Waals surface area contributed by atoms with E-state index >= 15 is 0 Å². The van der Waals surface area contributed by atoms with Crippen LogP contribution in [0.4, 0.5) is 0 Å². The first-order valence-electron chi connectivity index (χ1n) is 16.9. The molecule has 270 valence electrons. The third-order valence-corrected chi connectivity index (χ3v) is 9.03. The lowest BCUT2D eigenvalue weighted by atomic mass is 9.85. The van der Waals surface area contributed by atoms with E-state index in [-0.39, 0.29) is 6.42 Å². The Labute approximate surface area is 274 Å². The van der Waals surface area contributed by atoms with E-state index in [2.05, 4.69) is 25.2 Å². The van der Waals surface area contributed by atoms with Crippen LogP contribution in [0.5, 0.6) is 0 Å². The molecule has 0 aromatic carbocycles. The summed E-state index contributed by atoms with van der Waals surface area (Å²) in [6.07, 6.45) is 6.37. The fraction of sp³-hybridized carbons (Fsp3) is 0.844. The maximum Gasteiger partial charge on any atom is 0.472 e. The summed E-state index contributed by atoms with van der Waals surface area (Å²) in [5, 5.41) is 73.5. The Balaban J connectivity index is 2.78. The summed E-state index contributed by atoms with van der Waals surface area (Å²) in [7, 11) is -5.12. The Morgan fingerprint density at radius 2 is 1.28 bits per heavy atom. The smallest absolute Gasteiger partial charge is 0.393 e. The molecule has 8 atom stereocenters. The van der Waals surface area contributed by atoms with Gasteiger partial charge in [0, 0.05) is 0 Å². The van der Waals surface area contributed by atoms with Crippen LogP contribution in [0.25, 0.3) is 0 Å². The van der Waals surface area contributed by atoms with Gasteiger partial charge in [-0.25, -0.2) is 4.57 Å². The van der Waals surface area contributed by atoms with Gasteiger partial charge in [0.25, 0.3) is 0 Å². The number of amides is 1. The topological polar surface area (TPSA) is 226 Å². The number of phosphoric acid groups is 1. The van der Waals surface area contributed by atoms with E-state index in [9.17, 15) is 50.0 Å². The number of carbonyl (C=O) groups excluding carboxylic acids is 1. The van der Waals surface area contributed by atoms with Crippen LogP contribution in [0, 0.1) is 0 Å². The molecule has 0 heterocycles. The minimum absolute atomic E-state index is 0.253. The third kappa shape index (κ3) is 17.3. The van der Waals surface area contributed by atoms with Gasteiger partial charge in [-0.05, 0) is 32.1 Å². The molecule has 0 saturated heterocycles. The van der Waals surface area contributed by atoms with Gasteiger partial charge in [0.05, 0.1) is 31.3 Å². The van der Waals surface area contributed by atoms with Crippen molar-refractivity contribution in [1.82, 2.24) is 5.32 Å². The summed E-state index contributed by atoms with van der Waals surface area (Å²) >= 11 is 0. The van der Waals surface area contributed by atoms with Crippen LogP contribution in [0.15, 0.2) is 24.3 Å². The van der Waals surface area contributed by atoms with E-state index in [0.717, 1.165) is 57.8 Å². The Kier molecular flexibility index (Phi) is 22.3. The first-order chi connectivity index (χ1) is 21.8. The number of rotatable bonds is 25. The van der Waals surface area contributed by atoms with Gasteiger partial charge in [-0.15, -0.1) is 0 Å². The normalized spacial score (nSPS) is 27.1. The number of unbranched alkanes of at least 4 members (excludes halogenated alkanes) is 10. The zero-order chi connectivity index (χ0) is 34.5. The molecule has 0 aliphatic heterocycles. The molecular formula is C32H60NO12P. The van der Waals surface area contributed by atoms with Gasteiger partial charge in [0.15, 0.2) is 0 Å². The van der Waals surface area contributed by atoms with Crippen molar-refractivity contribution in [2.75, 3.05) is 6.61 Å². The number of hydrogen-bond acceptors (Lipinski definition) is 11. The zero-order valence-corrected chi connectivity index (χ0v) is 28.4. The second kappa shape index (κ2) is 24.0. The monoisotopic (exact) mass is 681 g/mol. The Bertz CT molecular complexity index is 906. The van der Waals surface area contributed by atoms with Crippen molar-refractivity contribution >= 4 is 13.7 Å². The van der Waals surface area contributed by atoms with Crippen LogP contribution in [0.1, 0.15) is 110 Å². The molecule has 0 aromatic rings. The largest absolute Gasteiger partial charge is 0.472 e. The van der Waals surface area contributed by atoms with E-state index in [4.69, 9.17) is 9.05 Å². The molecule has 9 N–H and O–H groups in total. The fourth-order valence-electron chi connectivity index (χ4n) is 5.13. The molecule has 46 heavy (non-hydrogen) atoms. The molecule has 1 saturated carbocycles. The van der Waals surface area contributed by atoms with E-state index in [1.54, 1.807) is 6.08 Å². The van der Waals surface area contributed by atoms with Crippen molar-refractivity contribution in [1.29, 1.82) is 0 Å². The summed E-state index contributed by atoms with van der Waals surface area (Å²) in [6.45, 7) is 3.54. The van der Waals surface area contributed by atoms with Crippen molar-refractivity contribution in [2.24, 2.45) is 0 Å². The number of aliphatic hydroxyl groups excluding tert-OH is 7. The van der Waals surface area contributed by atoms with E-state index in [0.29, 0.717) is 12.8 Å². The van der Waals surface area contributed by atoms with Gasteiger partial charge in [0.1, 0.15) is 36.6 Å². The minimum atomic E-state index is -5.12. The van der Waals surface area contributed by atoms with Gasteiger partial charge in [-0.3, -0.25) is 13.8 Å². The highest BCUT2D eigenvalue weighted by Crippen LogP contribution is 2.47. The van der Waals surface area contributed by atoms with Gasteiger partial charge in [-0.2, -0.15) is 0 Å². The van der Waals surface area contributed by atoms with Gasteiger partial charge in [0.2, 0.25) is 5.91 Å². The molecule has 1 aliphatic carbocycles. The molecule has 0 spiro atoms. The summed E-state index contributed by atoms with van der Waals surface area (Å²) in [6, 6.07) is -1.25. The third-order valence-electron chi connectivity index (χ3n) is 8.04. The molecule has 0 aromatic heterocycles. The van der Waals surface area contributed by atoms with Gasteiger partial charge >= 0.3 is 7.82 Å². The summed E-state index contributed by atoms with van der Waals surface area (Å²) < 4.78 is 22.5. The maximum atomic E-state index is 12.7. The van der Waals surface area contributed by atoms with Crippen LogP contribution in [-0.2, 0) is 18.4 Å². The molecule has 1 aliphatic rings. The average molecular weight is 682 g/mol. The molecule has 1 rings (SSSR count). The highest BCUT2D eigenvalue weighted by molar-refractivity contribution is 7.47. The molecule has 0 radical (unpaired) electrons. The summed E-state index contributed by atoms with van der Waals surface area (Å²) in [5.74, 6) is -0.612. The highest BCUT2D eigenvalue weighted by atomic mass is 31.2. The molecule has 1 fully saturated rings. The van der Waals surface area contributed by atoms with Gasteiger partial charge in [-0.1, -0.05) is 95.9 Å². The second-order valence-corrected chi connectivity index (χ2v) is 13.6. The van der Waals surface area contributed by atoms with Crippen molar-refractivity contribution in [3.05, 3.63) is 24.3 Å². The first-order valence-corrected chi connectivity index (χ1v) is 18.4. The quantitative estimate of drug-likeness (QED) is 0.0385. The first kappa shape index (κ1) is 42.8. The lowest BCUT2D eigenvalue weighted by Crippen LogP contribution is -2.64. The van der Waals surface area contributed by atoms with E-state index in [1.165, 1.54) is 25.3 Å². The number of hydrogen-bond donors (Lipinski definition) is 9. The predicted octanol–water partition coefficient (Wildman–Crippen LogP) is 2.52. The summed E-state index contributed by atoms with van der Waals surface area (Å²) in [5.41, 5.74) is 0. The predicted molar refractivity (Wildman–Crippen MR) is 174 cm³/mol. The molecule has 8 unspecified atom stereocenters. The average Bonchev–Trinajstić information content (AvgIpc) is 3.01. The highest BCUT2D eigenvalue weighted by Gasteiger charge is 2.51. The standard InChI is InChI=1S/C32H60NO12P/c1-3-5-7-9-11-12-14-16-18-20-25(35)24(33-26(36)21-23(34)19-17-15-13-10-8-6-4-2)22-44-46(42,43)45-32-30(40)28(38)27(37)29(39)31(32)41/h11-12,18,20,23-25,27-32,34-35,37-41H,3-10,13-17,19,21-22H2,1-2H3,(H,33,36)(H,42,43)/b12-11+,20-18+. The molecule has 0 bridgehead atoms. The SMILES string of the molecule is CCCCC/C=C/CC/C=C/C(O)C(COP(=O)(O)OC1C(O)C(O)C(O)C(O)C1O)NC(=O)CC(O)CCCCCCCCC. The molecular weight excluding hydrogens is 621 g/mol. The Morgan fingerprint density at radius 3 is 1.91 bits per heavy atom. The molecule has 1 amide bonds. The van der Waals surface area contributed by atoms with Crippen LogP contribution in [0.3, 0.4) is 0 Å². The van der Waals surface area contributed by atoms with Crippen LogP contribution < -0.4 is 5.32 Å². The van der Waals surface area contributed by atoms with Gasteiger partial charge < -0.3 is 46.0 Å². The minimum Gasteiger partial charge on any atom is -0.393 e. The van der Waals surface area contributed by atoms with Crippen molar-refractivity contribution < 1.29 is 59.0 Å². The fourth-order valence-corrected chi connectivity index (χ4v) is 6.10. The number of aliphatic hydroxyl groups is 7. The molecule has 14 heteroatoms. The van der Waals surface area contributed by atoms with Crippen LogP contribution in [0.2, 0.25) is 0 Å². The van der Waals surface area contributed by atoms with Crippen LogP contribution in [-0.4, -0.2) is 108 Å². The zero-order valence-electron chi connectivity index (χ0n) is 27.5. The number of carbonyl (C=O) groups is 1. The lowest BCUT2D eigenvalue weighted by molar-refractivity contribution is -0.220. The molecule has 13 nitrogen and oxygen atoms in total. The van der Waals surface area contributed by atoms with Crippen molar-refractivity contribution in [3.8, 4) is 0 Å².